The minimum atomic E-state index is -0.298. The van der Waals surface area contributed by atoms with Gasteiger partial charge in [0.05, 0.1) is 6.54 Å². The molecule has 1 saturated heterocycles. The number of carbonyl (C=O) groups excluding carboxylic acids is 2. The minimum absolute atomic E-state index is 0.0820. The summed E-state index contributed by atoms with van der Waals surface area (Å²) in [6.45, 7) is 4.03. The van der Waals surface area contributed by atoms with Gasteiger partial charge in [0.1, 0.15) is 0 Å². The summed E-state index contributed by atoms with van der Waals surface area (Å²) in [7, 11) is 2.13. The van der Waals surface area contributed by atoms with Gasteiger partial charge in [0.25, 0.3) is 5.91 Å². The standard InChI is InChI=1S/C19H23N5O2/c1-23-10-12-24(13-11-23)17-4-2-16(3-5-17)22-18(25)14-21-19(26)15-6-8-20-9-7-15/h2-9H,10-14H2,1H3,(H,21,26)(H,22,25). The lowest BCUT2D eigenvalue weighted by Crippen LogP contribution is -2.44. The van der Waals surface area contributed by atoms with Gasteiger partial charge in [-0.3, -0.25) is 14.6 Å². The highest BCUT2D eigenvalue weighted by Crippen LogP contribution is 2.19. The fourth-order valence-corrected chi connectivity index (χ4v) is 2.79. The van der Waals surface area contributed by atoms with E-state index in [0.29, 0.717) is 11.3 Å². The van der Waals surface area contributed by atoms with Crippen LogP contribution in [0.2, 0.25) is 0 Å². The van der Waals surface area contributed by atoms with E-state index < -0.39 is 0 Å². The molecule has 0 bridgehead atoms. The van der Waals surface area contributed by atoms with E-state index in [1.54, 1.807) is 12.1 Å². The van der Waals surface area contributed by atoms with Crippen molar-refractivity contribution in [3.05, 3.63) is 54.4 Å². The number of rotatable bonds is 5. The molecule has 7 heteroatoms. The lowest BCUT2D eigenvalue weighted by atomic mass is 10.2. The van der Waals surface area contributed by atoms with Gasteiger partial charge in [-0.1, -0.05) is 0 Å². The van der Waals surface area contributed by atoms with Crippen molar-refractivity contribution in [3.8, 4) is 0 Å². The molecule has 1 aliphatic heterocycles. The Balaban J connectivity index is 1.48. The maximum Gasteiger partial charge on any atom is 0.251 e. The van der Waals surface area contributed by atoms with Crippen molar-refractivity contribution in [1.82, 2.24) is 15.2 Å². The maximum absolute atomic E-state index is 12.0. The highest BCUT2D eigenvalue weighted by molar-refractivity contribution is 5.99. The zero-order valence-electron chi connectivity index (χ0n) is 14.8. The van der Waals surface area contributed by atoms with Gasteiger partial charge in [0, 0.05) is 55.5 Å². The minimum Gasteiger partial charge on any atom is -0.369 e. The summed E-state index contributed by atoms with van der Waals surface area (Å²) in [5.41, 5.74) is 2.34. The second-order valence-electron chi connectivity index (χ2n) is 6.30. The van der Waals surface area contributed by atoms with Crippen molar-refractivity contribution in [2.75, 3.05) is 50.0 Å². The molecule has 2 heterocycles. The van der Waals surface area contributed by atoms with Crippen LogP contribution >= 0.6 is 0 Å². The highest BCUT2D eigenvalue weighted by Gasteiger charge is 2.14. The lowest BCUT2D eigenvalue weighted by Gasteiger charge is -2.34. The third-order valence-corrected chi connectivity index (χ3v) is 4.37. The molecule has 2 N–H and O–H groups in total. The van der Waals surface area contributed by atoms with E-state index in [1.165, 1.54) is 12.4 Å². The van der Waals surface area contributed by atoms with E-state index in [0.717, 1.165) is 31.9 Å². The van der Waals surface area contributed by atoms with Gasteiger partial charge in [-0.15, -0.1) is 0 Å². The molecule has 0 unspecified atom stereocenters. The van der Waals surface area contributed by atoms with Gasteiger partial charge in [0.15, 0.2) is 0 Å². The topological polar surface area (TPSA) is 77.6 Å². The number of hydrogen-bond acceptors (Lipinski definition) is 5. The molecule has 0 radical (unpaired) electrons. The van der Waals surface area contributed by atoms with Gasteiger partial charge in [0.2, 0.25) is 5.91 Å². The molecule has 0 aliphatic carbocycles. The number of hydrogen-bond donors (Lipinski definition) is 2. The van der Waals surface area contributed by atoms with Crippen molar-refractivity contribution in [1.29, 1.82) is 0 Å². The van der Waals surface area contributed by atoms with Gasteiger partial charge in [-0.05, 0) is 43.4 Å². The van der Waals surface area contributed by atoms with Crippen molar-refractivity contribution in [2.24, 2.45) is 0 Å². The first-order chi connectivity index (χ1) is 12.6. The molecule has 1 aromatic carbocycles. The Morgan fingerprint density at radius 2 is 1.65 bits per heavy atom. The van der Waals surface area contributed by atoms with Crippen LogP contribution in [0.5, 0.6) is 0 Å². The van der Waals surface area contributed by atoms with Crippen LogP contribution in [0, 0.1) is 0 Å². The predicted octanol–water partition coefficient (Wildman–Crippen LogP) is 1.20. The smallest absolute Gasteiger partial charge is 0.251 e. The van der Waals surface area contributed by atoms with Crippen LogP contribution in [0.3, 0.4) is 0 Å². The number of aromatic nitrogens is 1. The van der Waals surface area contributed by atoms with Gasteiger partial charge >= 0.3 is 0 Å². The first-order valence-corrected chi connectivity index (χ1v) is 8.63. The fourth-order valence-electron chi connectivity index (χ4n) is 2.79. The molecule has 0 saturated carbocycles. The van der Waals surface area contributed by atoms with E-state index in [-0.39, 0.29) is 18.4 Å². The summed E-state index contributed by atoms with van der Waals surface area (Å²) >= 11 is 0. The van der Waals surface area contributed by atoms with Crippen LogP contribution in [-0.4, -0.2) is 61.5 Å². The summed E-state index contributed by atoms with van der Waals surface area (Å²) < 4.78 is 0. The number of likely N-dealkylation sites (N-methyl/N-ethyl adjacent to an activating group) is 1. The van der Waals surface area contributed by atoms with Crippen LogP contribution < -0.4 is 15.5 Å². The highest BCUT2D eigenvalue weighted by atomic mass is 16.2. The quantitative estimate of drug-likeness (QED) is 0.845. The lowest BCUT2D eigenvalue weighted by molar-refractivity contribution is -0.115. The Morgan fingerprint density at radius 1 is 1.00 bits per heavy atom. The number of amides is 2. The number of carbonyl (C=O) groups is 2. The largest absolute Gasteiger partial charge is 0.369 e. The summed E-state index contributed by atoms with van der Waals surface area (Å²) in [6, 6.07) is 11.0. The van der Waals surface area contributed by atoms with Gasteiger partial charge in [-0.25, -0.2) is 0 Å². The number of nitrogens with zero attached hydrogens (tertiary/aromatic N) is 3. The molecule has 1 fully saturated rings. The number of anilines is 2. The fraction of sp³-hybridized carbons (Fsp3) is 0.316. The Hall–Kier alpha value is -2.93. The summed E-state index contributed by atoms with van der Waals surface area (Å²) in [5.74, 6) is -0.562. The van der Waals surface area contributed by atoms with Crippen LogP contribution in [-0.2, 0) is 4.79 Å². The van der Waals surface area contributed by atoms with Crippen molar-refractivity contribution in [3.63, 3.8) is 0 Å². The Morgan fingerprint density at radius 3 is 2.31 bits per heavy atom. The monoisotopic (exact) mass is 353 g/mol. The molecule has 7 nitrogen and oxygen atoms in total. The second-order valence-corrected chi connectivity index (χ2v) is 6.30. The molecule has 26 heavy (non-hydrogen) atoms. The molecule has 0 spiro atoms. The van der Waals surface area contributed by atoms with Crippen LogP contribution in [0.4, 0.5) is 11.4 Å². The van der Waals surface area contributed by atoms with E-state index in [4.69, 9.17) is 0 Å². The summed E-state index contributed by atoms with van der Waals surface area (Å²) in [4.78, 5) is 32.4. The average Bonchev–Trinajstić information content (AvgIpc) is 2.68. The van der Waals surface area contributed by atoms with Crippen LogP contribution in [0.1, 0.15) is 10.4 Å². The second kappa shape index (κ2) is 8.44. The third-order valence-electron chi connectivity index (χ3n) is 4.37. The molecule has 1 aliphatic rings. The number of piperazine rings is 1. The first-order valence-electron chi connectivity index (χ1n) is 8.63. The van der Waals surface area contributed by atoms with Crippen molar-refractivity contribution >= 4 is 23.2 Å². The number of benzene rings is 1. The molecule has 136 valence electrons. The van der Waals surface area contributed by atoms with E-state index in [1.807, 2.05) is 24.3 Å². The molecule has 1 aromatic heterocycles. The van der Waals surface area contributed by atoms with Gasteiger partial charge < -0.3 is 20.4 Å². The predicted molar refractivity (Wildman–Crippen MR) is 101 cm³/mol. The number of nitrogens with one attached hydrogen (secondary N) is 2. The molecular weight excluding hydrogens is 330 g/mol. The van der Waals surface area contributed by atoms with Crippen molar-refractivity contribution < 1.29 is 9.59 Å². The van der Waals surface area contributed by atoms with E-state index >= 15 is 0 Å². The molecular formula is C19H23N5O2. The third kappa shape index (κ3) is 4.80. The molecule has 3 rings (SSSR count). The molecule has 2 amide bonds. The molecule has 2 aromatic rings. The Labute approximate surface area is 153 Å². The summed E-state index contributed by atoms with van der Waals surface area (Å²) in [5, 5.41) is 5.39. The van der Waals surface area contributed by atoms with Crippen LogP contribution in [0.15, 0.2) is 48.8 Å². The van der Waals surface area contributed by atoms with E-state index in [9.17, 15) is 9.59 Å². The maximum atomic E-state index is 12.0. The first kappa shape index (κ1) is 17.9. The van der Waals surface area contributed by atoms with Crippen LogP contribution in [0.25, 0.3) is 0 Å². The zero-order valence-corrected chi connectivity index (χ0v) is 14.8. The molecule has 0 atom stereocenters. The Kier molecular flexibility index (Phi) is 5.80. The normalized spacial score (nSPS) is 14.7. The van der Waals surface area contributed by atoms with E-state index in [2.05, 4.69) is 32.5 Å². The average molecular weight is 353 g/mol. The number of pyridine rings is 1. The van der Waals surface area contributed by atoms with Crippen molar-refractivity contribution in [2.45, 2.75) is 0 Å². The summed E-state index contributed by atoms with van der Waals surface area (Å²) in [6.07, 6.45) is 3.08. The van der Waals surface area contributed by atoms with Gasteiger partial charge in [-0.2, -0.15) is 0 Å². The Bertz CT molecular complexity index is 740. The SMILES string of the molecule is CN1CCN(c2ccc(NC(=O)CNC(=O)c3ccncc3)cc2)CC1. The zero-order chi connectivity index (χ0) is 18.4.